The smallest absolute Gasteiger partial charge is 0.310 e. The number of rotatable bonds is 4. The average molecular weight is 266 g/mol. The van der Waals surface area contributed by atoms with Crippen molar-refractivity contribution in [1.29, 1.82) is 0 Å². The Hall–Kier alpha value is -0.660. The van der Waals surface area contributed by atoms with Crippen LogP contribution in [0, 0.1) is 17.3 Å². The number of hydrogen-bond donors (Lipinski definition) is 2. The van der Waals surface area contributed by atoms with Gasteiger partial charge in [-0.1, -0.05) is 13.8 Å². The van der Waals surface area contributed by atoms with Crippen LogP contribution in [0.2, 0.25) is 0 Å². The van der Waals surface area contributed by atoms with Gasteiger partial charge in [-0.15, -0.1) is 0 Å². The van der Waals surface area contributed by atoms with Gasteiger partial charge in [0.2, 0.25) is 0 Å². The second kappa shape index (κ2) is 4.22. The van der Waals surface area contributed by atoms with Crippen molar-refractivity contribution in [3.05, 3.63) is 0 Å². The molecule has 6 nitrogen and oxygen atoms in total. The van der Waals surface area contributed by atoms with Crippen LogP contribution < -0.4 is 0 Å². The third-order valence-electron chi connectivity index (χ3n) is 3.13. The van der Waals surface area contributed by atoms with Crippen molar-refractivity contribution in [2.75, 3.05) is 0 Å². The first kappa shape index (κ1) is 14.4. The first-order valence-electron chi connectivity index (χ1n) is 5.34. The molecule has 1 unspecified atom stereocenters. The summed E-state index contributed by atoms with van der Waals surface area (Å²) >= 11 is 0. The summed E-state index contributed by atoms with van der Waals surface area (Å²) in [5, 5.41) is 9.47. The molecule has 0 saturated heterocycles. The zero-order valence-corrected chi connectivity index (χ0v) is 11.1. The second-order valence-electron chi connectivity index (χ2n) is 5.22. The molecule has 0 radical (unpaired) electrons. The minimum atomic E-state index is -4.56. The van der Waals surface area contributed by atoms with E-state index in [-0.39, 0.29) is 6.10 Å². The van der Waals surface area contributed by atoms with E-state index in [0.29, 0.717) is 0 Å². The minimum Gasteiger partial charge on any atom is -0.463 e. The van der Waals surface area contributed by atoms with Gasteiger partial charge < -0.3 is 9.84 Å². The number of esters is 1. The molecule has 0 amide bonds. The molecule has 1 rings (SSSR count). The van der Waals surface area contributed by atoms with Crippen LogP contribution in [0.25, 0.3) is 0 Å². The van der Waals surface area contributed by atoms with E-state index in [1.54, 1.807) is 27.7 Å². The van der Waals surface area contributed by atoms with Crippen LogP contribution in [0.5, 0.6) is 0 Å². The number of carbonyl (C=O) groups is 1. The van der Waals surface area contributed by atoms with Gasteiger partial charge in [0.25, 0.3) is 10.1 Å². The van der Waals surface area contributed by atoms with Gasteiger partial charge in [0, 0.05) is 5.92 Å². The van der Waals surface area contributed by atoms with Gasteiger partial charge in [0.1, 0.15) is 0 Å². The van der Waals surface area contributed by atoms with E-state index in [0.717, 1.165) is 0 Å². The fourth-order valence-electron chi connectivity index (χ4n) is 2.15. The van der Waals surface area contributed by atoms with E-state index in [1.807, 2.05) is 0 Å². The van der Waals surface area contributed by atoms with Crippen molar-refractivity contribution in [3.8, 4) is 0 Å². The normalized spacial score (nSPS) is 28.9. The Morgan fingerprint density at radius 3 is 2.18 bits per heavy atom. The lowest BCUT2D eigenvalue weighted by Gasteiger charge is -2.08. The lowest BCUT2D eigenvalue weighted by molar-refractivity contribution is -0.150. The highest BCUT2D eigenvalue weighted by Crippen LogP contribution is 2.61. The van der Waals surface area contributed by atoms with Crippen molar-refractivity contribution in [3.63, 3.8) is 0 Å². The van der Waals surface area contributed by atoms with Crippen molar-refractivity contribution in [2.24, 2.45) is 17.3 Å². The number of hydrogen-bond acceptors (Lipinski definition) is 5. The molecule has 17 heavy (non-hydrogen) atoms. The maximum absolute atomic E-state index is 11.7. The van der Waals surface area contributed by atoms with Crippen LogP contribution in [0.1, 0.15) is 27.7 Å². The van der Waals surface area contributed by atoms with E-state index in [1.165, 1.54) is 0 Å². The number of aliphatic hydroxyl groups excluding tert-OH is 1. The van der Waals surface area contributed by atoms with Gasteiger partial charge >= 0.3 is 5.97 Å². The largest absolute Gasteiger partial charge is 0.463 e. The van der Waals surface area contributed by atoms with Crippen molar-refractivity contribution >= 4 is 16.1 Å². The van der Waals surface area contributed by atoms with Crippen LogP contribution in [-0.4, -0.2) is 35.6 Å². The Bertz CT molecular complexity index is 411. The molecule has 0 aliphatic heterocycles. The zero-order chi connectivity index (χ0) is 13.6. The Balaban J connectivity index is 2.82. The van der Waals surface area contributed by atoms with Crippen molar-refractivity contribution < 1.29 is 27.6 Å². The molecule has 0 spiro atoms. The summed E-state index contributed by atoms with van der Waals surface area (Å²) in [7, 11) is -4.56. The summed E-state index contributed by atoms with van der Waals surface area (Å²) in [6, 6.07) is 0. The summed E-state index contributed by atoms with van der Waals surface area (Å²) < 4.78 is 35.4. The van der Waals surface area contributed by atoms with Crippen LogP contribution in [-0.2, 0) is 19.6 Å². The molecule has 1 fully saturated rings. The highest BCUT2D eigenvalue weighted by Gasteiger charge is 2.67. The molecule has 0 aromatic rings. The SMILES string of the molecule is CC(C)OC(=O)[C@@H]1[C@@H](C(O)S(=O)(=O)O)C1(C)C. The van der Waals surface area contributed by atoms with Gasteiger partial charge in [0.15, 0.2) is 5.44 Å². The van der Waals surface area contributed by atoms with Crippen LogP contribution in [0.3, 0.4) is 0 Å². The Morgan fingerprint density at radius 2 is 1.82 bits per heavy atom. The molecule has 7 heteroatoms. The van der Waals surface area contributed by atoms with Gasteiger partial charge in [-0.25, -0.2) is 0 Å². The number of carbonyl (C=O) groups excluding carboxylic acids is 1. The second-order valence-corrected chi connectivity index (χ2v) is 6.73. The van der Waals surface area contributed by atoms with Crippen molar-refractivity contribution in [2.45, 2.75) is 39.2 Å². The van der Waals surface area contributed by atoms with Gasteiger partial charge in [-0.2, -0.15) is 8.42 Å². The molecule has 0 bridgehead atoms. The molecular formula is C10H18O6S. The highest BCUT2D eigenvalue weighted by atomic mass is 32.2. The lowest BCUT2D eigenvalue weighted by Crippen LogP contribution is -2.25. The number of ether oxygens (including phenoxy) is 1. The predicted molar refractivity (Wildman–Crippen MR) is 59.5 cm³/mol. The van der Waals surface area contributed by atoms with Gasteiger partial charge in [-0.3, -0.25) is 9.35 Å². The Kier molecular flexibility index (Phi) is 3.58. The van der Waals surface area contributed by atoms with Crippen LogP contribution in [0.15, 0.2) is 0 Å². The summed E-state index contributed by atoms with van der Waals surface area (Å²) in [6.45, 7) is 6.67. The van der Waals surface area contributed by atoms with Gasteiger partial charge in [-0.05, 0) is 19.3 Å². The fraction of sp³-hybridized carbons (Fsp3) is 0.900. The molecule has 0 aromatic carbocycles. The number of aliphatic hydroxyl groups is 1. The standard InChI is InChI=1S/C10H18O6S/c1-5(2)16-8(11)6-7(10(6,3)4)9(12)17(13,14)15/h5-7,9,12H,1-4H3,(H,13,14,15)/t6-,7-,9?/m0/s1. The third kappa shape index (κ3) is 2.78. The maximum atomic E-state index is 11.7. The fourth-order valence-corrected chi connectivity index (χ4v) is 3.03. The van der Waals surface area contributed by atoms with E-state index < -0.39 is 38.8 Å². The van der Waals surface area contributed by atoms with Crippen molar-refractivity contribution in [1.82, 2.24) is 0 Å². The lowest BCUT2D eigenvalue weighted by atomic mass is 10.1. The summed E-state index contributed by atoms with van der Waals surface area (Å²) in [4.78, 5) is 11.7. The highest BCUT2D eigenvalue weighted by molar-refractivity contribution is 7.86. The first-order chi connectivity index (χ1) is 7.49. The summed E-state index contributed by atoms with van der Waals surface area (Å²) in [5.74, 6) is -2.08. The summed E-state index contributed by atoms with van der Waals surface area (Å²) in [6.07, 6.45) is -0.303. The Labute approximate surface area is 101 Å². The minimum absolute atomic E-state index is 0.303. The molecule has 0 aromatic heterocycles. The summed E-state index contributed by atoms with van der Waals surface area (Å²) in [5.41, 5.74) is -2.64. The molecule has 3 atom stereocenters. The van der Waals surface area contributed by atoms with E-state index in [4.69, 9.17) is 9.29 Å². The molecule has 1 saturated carbocycles. The molecule has 1 aliphatic carbocycles. The Morgan fingerprint density at radius 1 is 1.35 bits per heavy atom. The quantitative estimate of drug-likeness (QED) is 0.565. The monoisotopic (exact) mass is 266 g/mol. The van der Waals surface area contributed by atoms with Crippen LogP contribution in [0.4, 0.5) is 0 Å². The van der Waals surface area contributed by atoms with E-state index in [9.17, 15) is 18.3 Å². The van der Waals surface area contributed by atoms with Crippen LogP contribution >= 0.6 is 0 Å². The predicted octanol–water partition coefficient (Wildman–Crippen LogP) is 0.416. The molecule has 1 aliphatic rings. The van der Waals surface area contributed by atoms with Gasteiger partial charge in [0.05, 0.1) is 12.0 Å². The average Bonchev–Trinajstić information content (AvgIpc) is 2.64. The topological polar surface area (TPSA) is 101 Å². The zero-order valence-electron chi connectivity index (χ0n) is 10.2. The third-order valence-corrected chi connectivity index (χ3v) is 4.03. The molecule has 2 N–H and O–H groups in total. The maximum Gasteiger partial charge on any atom is 0.310 e. The van der Waals surface area contributed by atoms with E-state index >= 15 is 0 Å². The van der Waals surface area contributed by atoms with E-state index in [2.05, 4.69) is 0 Å². The molecule has 0 heterocycles. The molecule has 100 valence electrons. The molecular weight excluding hydrogens is 248 g/mol. The first-order valence-corrected chi connectivity index (χ1v) is 6.84.